The Morgan fingerprint density at radius 3 is 3.00 bits per heavy atom. The number of halogens is 2. The number of hydrogen-bond donors (Lipinski definition) is 1. The van der Waals surface area contributed by atoms with Crippen LogP contribution in [0.3, 0.4) is 0 Å². The maximum atomic E-state index is 13.3. The highest BCUT2D eigenvalue weighted by Crippen LogP contribution is 2.31. The average molecular weight is 338 g/mol. The van der Waals surface area contributed by atoms with Gasteiger partial charge in [0.05, 0.1) is 37.5 Å². The van der Waals surface area contributed by atoms with Gasteiger partial charge in [0.25, 0.3) is 11.8 Å². The lowest BCUT2D eigenvalue weighted by Crippen LogP contribution is -2.43. The third-order valence-corrected chi connectivity index (χ3v) is 3.47. The van der Waals surface area contributed by atoms with E-state index in [0.717, 1.165) is 4.90 Å². The van der Waals surface area contributed by atoms with Crippen molar-refractivity contribution in [3.63, 3.8) is 0 Å². The minimum Gasteiger partial charge on any atom is -0.491 e. The van der Waals surface area contributed by atoms with E-state index in [4.69, 9.17) is 10.00 Å². The first-order valence-electron chi connectivity index (χ1n) is 7.30. The minimum absolute atomic E-state index is 0.184. The predicted octanol–water partition coefficient (Wildman–Crippen LogP) is 0.970. The number of aromatic nitrogens is 1. The highest BCUT2D eigenvalue weighted by atomic mass is 19.3. The van der Waals surface area contributed by atoms with E-state index in [9.17, 15) is 18.4 Å². The number of ether oxygens (including phenoxy) is 1. The van der Waals surface area contributed by atoms with Crippen LogP contribution < -0.4 is 10.1 Å². The lowest BCUT2D eigenvalue weighted by molar-refractivity contribution is -0.131. The monoisotopic (exact) mass is 338 g/mol. The van der Waals surface area contributed by atoms with Crippen LogP contribution in [-0.2, 0) is 4.79 Å². The number of pyridine rings is 1. The summed E-state index contributed by atoms with van der Waals surface area (Å²) < 4.78 is 31.9. The molecule has 2 amide bonds. The molecule has 1 N–H and O–H groups in total. The maximum absolute atomic E-state index is 13.3. The van der Waals surface area contributed by atoms with E-state index >= 15 is 0 Å². The van der Waals surface area contributed by atoms with Gasteiger partial charge in [-0.2, -0.15) is 5.26 Å². The number of likely N-dealkylation sites (tertiary alicyclic amines) is 1. The summed E-state index contributed by atoms with van der Waals surface area (Å²) in [6, 6.07) is 1.91. The molecule has 2 rings (SSSR count). The second kappa shape index (κ2) is 7.21. The molecule has 0 saturated carbocycles. The van der Waals surface area contributed by atoms with Crippen LogP contribution in [0.4, 0.5) is 8.78 Å². The van der Waals surface area contributed by atoms with E-state index in [1.165, 1.54) is 18.5 Å². The molecule has 2 heterocycles. The molecule has 24 heavy (non-hydrogen) atoms. The van der Waals surface area contributed by atoms with Crippen molar-refractivity contribution in [3.05, 3.63) is 24.0 Å². The lowest BCUT2D eigenvalue weighted by Gasteiger charge is -2.19. The average Bonchev–Trinajstić information content (AvgIpc) is 2.88. The van der Waals surface area contributed by atoms with Gasteiger partial charge in [0, 0.05) is 12.6 Å². The highest BCUT2D eigenvalue weighted by Gasteiger charge is 2.47. The molecule has 1 unspecified atom stereocenters. The standard InChI is InChI=1S/C15H16F2N4O3/c1-2-24-12-7-19-4-3-11(12)14(23)20-8-13(22)21-9-15(16,17)5-10(21)6-18/h3-4,7,10H,2,5,8-9H2,1H3,(H,20,23). The molecule has 1 aliphatic rings. The van der Waals surface area contributed by atoms with Gasteiger partial charge in [-0.1, -0.05) is 0 Å². The first-order chi connectivity index (χ1) is 11.4. The van der Waals surface area contributed by atoms with Gasteiger partial charge in [0.1, 0.15) is 11.8 Å². The van der Waals surface area contributed by atoms with E-state index in [1.54, 1.807) is 13.0 Å². The molecular formula is C15H16F2N4O3. The predicted molar refractivity (Wildman–Crippen MR) is 78.4 cm³/mol. The van der Waals surface area contributed by atoms with Gasteiger partial charge < -0.3 is 15.0 Å². The van der Waals surface area contributed by atoms with E-state index in [1.807, 2.05) is 0 Å². The van der Waals surface area contributed by atoms with Crippen molar-refractivity contribution in [3.8, 4) is 11.8 Å². The SMILES string of the molecule is CCOc1cnccc1C(=O)NCC(=O)N1CC(F)(F)CC1C#N. The van der Waals surface area contributed by atoms with Gasteiger partial charge >= 0.3 is 0 Å². The van der Waals surface area contributed by atoms with Crippen LogP contribution in [0.2, 0.25) is 0 Å². The van der Waals surface area contributed by atoms with E-state index in [0.29, 0.717) is 6.61 Å². The molecule has 128 valence electrons. The summed E-state index contributed by atoms with van der Waals surface area (Å²) in [4.78, 5) is 28.8. The highest BCUT2D eigenvalue weighted by molar-refractivity contribution is 5.98. The molecule has 0 radical (unpaired) electrons. The molecule has 1 aromatic heterocycles. The Bertz CT molecular complexity index is 675. The number of alkyl halides is 2. The van der Waals surface area contributed by atoms with Crippen LogP contribution >= 0.6 is 0 Å². The van der Waals surface area contributed by atoms with Gasteiger partial charge in [-0.3, -0.25) is 14.6 Å². The quantitative estimate of drug-likeness (QED) is 0.863. The molecule has 1 aromatic rings. The van der Waals surface area contributed by atoms with E-state index in [2.05, 4.69) is 10.3 Å². The zero-order valence-corrected chi connectivity index (χ0v) is 13.0. The third kappa shape index (κ3) is 3.95. The first-order valence-corrected chi connectivity index (χ1v) is 7.30. The van der Waals surface area contributed by atoms with Crippen LogP contribution in [0.1, 0.15) is 23.7 Å². The number of amides is 2. The number of nitriles is 1. The van der Waals surface area contributed by atoms with Crippen molar-refractivity contribution in [1.82, 2.24) is 15.2 Å². The first kappa shape index (κ1) is 17.6. The van der Waals surface area contributed by atoms with E-state index in [-0.39, 0.29) is 11.3 Å². The van der Waals surface area contributed by atoms with Crippen molar-refractivity contribution >= 4 is 11.8 Å². The molecular weight excluding hydrogens is 322 g/mol. The summed E-state index contributed by atoms with van der Waals surface area (Å²) >= 11 is 0. The molecule has 0 aliphatic carbocycles. The molecule has 0 aromatic carbocycles. The topological polar surface area (TPSA) is 95.3 Å². The fraction of sp³-hybridized carbons (Fsp3) is 0.467. The molecule has 7 nitrogen and oxygen atoms in total. The summed E-state index contributed by atoms with van der Waals surface area (Å²) in [6.45, 7) is 0.770. The molecule has 9 heteroatoms. The fourth-order valence-electron chi connectivity index (χ4n) is 2.39. The molecule has 0 spiro atoms. The molecule has 1 atom stereocenters. The second-order valence-electron chi connectivity index (χ2n) is 5.21. The summed E-state index contributed by atoms with van der Waals surface area (Å²) in [5, 5.41) is 11.2. The van der Waals surface area contributed by atoms with Crippen LogP contribution in [-0.4, -0.2) is 53.4 Å². The number of rotatable bonds is 5. The van der Waals surface area contributed by atoms with Crippen molar-refractivity contribution in [1.29, 1.82) is 5.26 Å². The number of hydrogen-bond acceptors (Lipinski definition) is 5. The van der Waals surface area contributed by atoms with Crippen molar-refractivity contribution in [2.75, 3.05) is 19.7 Å². The molecule has 0 bridgehead atoms. The van der Waals surface area contributed by atoms with Crippen LogP contribution in [0, 0.1) is 11.3 Å². The van der Waals surface area contributed by atoms with E-state index < -0.39 is 43.3 Å². The van der Waals surface area contributed by atoms with Gasteiger partial charge in [0.15, 0.2) is 0 Å². The Hall–Kier alpha value is -2.76. The zero-order chi connectivity index (χ0) is 17.7. The second-order valence-corrected chi connectivity index (χ2v) is 5.21. The fourth-order valence-corrected chi connectivity index (χ4v) is 2.39. The minimum atomic E-state index is -3.09. The number of nitrogens with zero attached hydrogens (tertiary/aromatic N) is 3. The smallest absolute Gasteiger partial charge is 0.268 e. The van der Waals surface area contributed by atoms with Gasteiger partial charge in [-0.05, 0) is 13.0 Å². The van der Waals surface area contributed by atoms with Gasteiger partial charge in [0.2, 0.25) is 5.91 Å². The molecule has 1 saturated heterocycles. The third-order valence-electron chi connectivity index (χ3n) is 3.47. The van der Waals surface area contributed by atoms with Gasteiger partial charge in [-0.25, -0.2) is 8.78 Å². The largest absolute Gasteiger partial charge is 0.491 e. The van der Waals surface area contributed by atoms with Crippen molar-refractivity contribution in [2.45, 2.75) is 25.3 Å². The Morgan fingerprint density at radius 1 is 1.58 bits per heavy atom. The van der Waals surface area contributed by atoms with Gasteiger partial charge in [-0.15, -0.1) is 0 Å². The Balaban J connectivity index is 1.99. The van der Waals surface area contributed by atoms with Crippen molar-refractivity contribution in [2.24, 2.45) is 0 Å². The Morgan fingerprint density at radius 2 is 2.33 bits per heavy atom. The maximum Gasteiger partial charge on any atom is 0.268 e. The van der Waals surface area contributed by atoms with Crippen LogP contribution in [0.15, 0.2) is 18.5 Å². The summed E-state index contributed by atoms with van der Waals surface area (Å²) in [7, 11) is 0. The number of carbonyl (C=O) groups is 2. The summed E-state index contributed by atoms with van der Waals surface area (Å²) in [5.74, 6) is -4.16. The lowest BCUT2D eigenvalue weighted by atomic mass is 10.2. The number of nitrogens with one attached hydrogen (secondary N) is 1. The Labute approximate surface area is 137 Å². The molecule has 1 fully saturated rings. The zero-order valence-electron chi connectivity index (χ0n) is 13.0. The Kier molecular flexibility index (Phi) is 5.28. The summed E-state index contributed by atoms with van der Waals surface area (Å²) in [5.41, 5.74) is 0.184. The van der Waals surface area contributed by atoms with Crippen LogP contribution in [0.25, 0.3) is 0 Å². The van der Waals surface area contributed by atoms with Crippen LogP contribution in [0.5, 0.6) is 5.75 Å². The molecule has 1 aliphatic heterocycles. The van der Waals surface area contributed by atoms with Crippen molar-refractivity contribution < 1.29 is 23.1 Å². The number of carbonyl (C=O) groups excluding carboxylic acids is 2. The normalized spacial score (nSPS) is 18.8. The summed E-state index contributed by atoms with van der Waals surface area (Å²) in [6.07, 6.45) is 2.07.